The second-order valence-corrected chi connectivity index (χ2v) is 5.30. The van der Waals surface area contributed by atoms with Crippen LogP contribution < -0.4 is 0 Å². The Labute approximate surface area is 106 Å². The van der Waals surface area contributed by atoms with Gasteiger partial charge in [0, 0.05) is 18.1 Å². The van der Waals surface area contributed by atoms with Gasteiger partial charge in [0.2, 0.25) is 0 Å². The summed E-state index contributed by atoms with van der Waals surface area (Å²) in [7, 11) is 1.90. The van der Waals surface area contributed by atoms with Gasteiger partial charge in [-0.3, -0.25) is 4.68 Å². The Hall–Kier alpha value is -1.29. The van der Waals surface area contributed by atoms with Crippen molar-refractivity contribution >= 4 is 11.8 Å². The van der Waals surface area contributed by atoms with Crippen LogP contribution >= 0.6 is 11.8 Å². The summed E-state index contributed by atoms with van der Waals surface area (Å²) in [5.41, 5.74) is 2.41. The molecule has 2 aromatic rings. The van der Waals surface area contributed by atoms with E-state index in [0.717, 1.165) is 24.3 Å². The zero-order valence-electron chi connectivity index (χ0n) is 10.3. The van der Waals surface area contributed by atoms with Crippen molar-refractivity contribution in [3.8, 4) is 0 Å². The molecule has 0 spiro atoms. The zero-order valence-corrected chi connectivity index (χ0v) is 11.1. The van der Waals surface area contributed by atoms with Crippen LogP contribution in [-0.2, 0) is 19.9 Å². The molecule has 1 aromatic carbocycles. The number of hydrogen-bond donors (Lipinski definition) is 0. The summed E-state index contributed by atoms with van der Waals surface area (Å²) in [4.78, 5) is 1.34. The lowest BCUT2D eigenvalue weighted by atomic mass is 10.1. The van der Waals surface area contributed by atoms with Gasteiger partial charge in [0.15, 0.2) is 0 Å². The Kier molecular flexibility index (Phi) is 4.20. The van der Waals surface area contributed by atoms with E-state index in [1.54, 1.807) is 4.68 Å². The molecule has 0 radical (unpaired) electrons. The third-order valence-electron chi connectivity index (χ3n) is 2.55. The SMILES string of the molecule is CCSc1ccc(CCc2cn(C)nn2)cc1. The second-order valence-electron chi connectivity index (χ2n) is 3.96. The number of benzene rings is 1. The van der Waals surface area contributed by atoms with E-state index in [4.69, 9.17) is 0 Å². The molecule has 0 unspecified atom stereocenters. The number of thioether (sulfide) groups is 1. The van der Waals surface area contributed by atoms with Gasteiger partial charge in [0.05, 0.1) is 5.69 Å². The topological polar surface area (TPSA) is 30.7 Å². The van der Waals surface area contributed by atoms with E-state index >= 15 is 0 Å². The van der Waals surface area contributed by atoms with Gasteiger partial charge in [-0.25, -0.2) is 0 Å². The first-order chi connectivity index (χ1) is 8.28. The Bertz CT molecular complexity index is 462. The molecular formula is C13H17N3S. The summed E-state index contributed by atoms with van der Waals surface area (Å²) in [6, 6.07) is 8.79. The molecular weight excluding hydrogens is 230 g/mol. The highest BCUT2D eigenvalue weighted by Gasteiger charge is 2.00. The van der Waals surface area contributed by atoms with Gasteiger partial charge in [-0.05, 0) is 36.3 Å². The van der Waals surface area contributed by atoms with Gasteiger partial charge in [-0.2, -0.15) is 0 Å². The minimum absolute atomic E-state index is 0.952. The molecule has 0 atom stereocenters. The lowest BCUT2D eigenvalue weighted by Crippen LogP contribution is -1.91. The maximum atomic E-state index is 4.09. The average molecular weight is 247 g/mol. The van der Waals surface area contributed by atoms with E-state index in [9.17, 15) is 0 Å². The van der Waals surface area contributed by atoms with E-state index in [-0.39, 0.29) is 0 Å². The summed E-state index contributed by atoms with van der Waals surface area (Å²) >= 11 is 1.88. The second kappa shape index (κ2) is 5.87. The molecule has 0 aliphatic heterocycles. The number of nitrogens with zero attached hydrogens (tertiary/aromatic N) is 3. The van der Waals surface area contributed by atoms with E-state index in [0.29, 0.717) is 0 Å². The van der Waals surface area contributed by atoms with Gasteiger partial charge in [-0.1, -0.05) is 24.3 Å². The molecule has 0 saturated heterocycles. The first-order valence-corrected chi connectivity index (χ1v) is 6.83. The molecule has 0 amide bonds. The van der Waals surface area contributed by atoms with Crippen LogP contribution in [0.4, 0.5) is 0 Å². The number of rotatable bonds is 5. The highest BCUT2D eigenvalue weighted by atomic mass is 32.2. The van der Waals surface area contributed by atoms with Crippen molar-refractivity contribution in [2.24, 2.45) is 7.05 Å². The number of hydrogen-bond acceptors (Lipinski definition) is 3. The molecule has 1 aromatic heterocycles. The number of aromatic nitrogens is 3. The van der Waals surface area contributed by atoms with E-state index in [2.05, 4.69) is 41.5 Å². The van der Waals surface area contributed by atoms with Crippen LogP contribution in [0.25, 0.3) is 0 Å². The fourth-order valence-corrected chi connectivity index (χ4v) is 2.36. The Morgan fingerprint density at radius 1 is 1.18 bits per heavy atom. The molecule has 0 aliphatic rings. The fourth-order valence-electron chi connectivity index (χ4n) is 1.70. The summed E-state index contributed by atoms with van der Waals surface area (Å²) in [6.07, 6.45) is 3.95. The van der Waals surface area contributed by atoms with Crippen LogP contribution in [0.5, 0.6) is 0 Å². The van der Waals surface area contributed by atoms with Crippen molar-refractivity contribution in [3.05, 3.63) is 41.7 Å². The van der Waals surface area contributed by atoms with Crippen molar-refractivity contribution in [1.29, 1.82) is 0 Å². The van der Waals surface area contributed by atoms with Gasteiger partial charge < -0.3 is 0 Å². The van der Waals surface area contributed by atoms with E-state index in [1.165, 1.54) is 10.5 Å². The van der Waals surface area contributed by atoms with Crippen LogP contribution in [0, 0.1) is 0 Å². The predicted octanol–water partition coefficient (Wildman–Crippen LogP) is 2.71. The minimum atomic E-state index is 0.952. The van der Waals surface area contributed by atoms with Crippen molar-refractivity contribution in [2.75, 3.05) is 5.75 Å². The summed E-state index contributed by atoms with van der Waals surface area (Å²) in [5.74, 6) is 1.12. The smallest absolute Gasteiger partial charge is 0.0830 e. The fraction of sp³-hybridized carbons (Fsp3) is 0.385. The van der Waals surface area contributed by atoms with Gasteiger partial charge in [-0.15, -0.1) is 16.9 Å². The molecule has 90 valence electrons. The van der Waals surface area contributed by atoms with Crippen molar-refractivity contribution in [3.63, 3.8) is 0 Å². The third kappa shape index (κ3) is 3.60. The van der Waals surface area contributed by atoms with Crippen molar-refractivity contribution in [1.82, 2.24) is 15.0 Å². The van der Waals surface area contributed by atoms with Crippen LogP contribution in [0.1, 0.15) is 18.2 Å². The highest BCUT2D eigenvalue weighted by Crippen LogP contribution is 2.18. The van der Waals surface area contributed by atoms with Crippen molar-refractivity contribution in [2.45, 2.75) is 24.7 Å². The number of aryl methyl sites for hydroxylation is 3. The minimum Gasteiger partial charge on any atom is -0.255 e. The quantitative estimate of drug-likeness (QED) is 0.761. The summed E-state index contributed by atoms with van der Waals surface area (Å²) < 4.78 is 1.75. The summed E-state index contributed by atoms with van der Waals surface area (Å²) in [6.45, 7) is 2.17. The lowest BCUT2D eigenvalue weighted by Gasteiger charge is -2.01. The van der Waals surface area contributed by atoms with Gasteiger partial charge in [0.25, 0.3) is 0 Å². The van der Waals surface area contributed by atoms with Crippen molar-refractivity contribution < 1.29 is 0 Å². The molecule has 1 heterocycles. The van der Waals surface area contributed by atoms with Crippen LogP contribution in [0.15, 0.2) is 35.4 Å². The van der Waals surface area contributed by atoms with E-state index in [1.807, 2.05) is 25.0 Å². The monoisotopic (exact) mass is 247 g/mol. The third-order valence-corrected chi connectivity index (χ3v) is 3.45. The Morgan fingerprint density at radius 3 is 2.53 bits per heavy atom. The normalized spacial score (nSPS) is 10.7. The van der Waals surface area contributed by atoms with E-state index < -0.39 is 0 Å². The molecule has 3 nitrogen and oxygen atoms in total. The molecule has 17 heavy (non-hydrogen) atoms. The molecule has 0 bridgehead atoms. The van der Waals surface area contributed by atoms with Crippen LogP contribution in [0.3, 0.4) is 0 Å². The first kappa shape index (κ1) is 12.2. The molecule has 0 N–H and O–H groups in total. The molecule has 2 rings (SSSR count). The Morgan fingerprint density at radius 2 is 1.94 bits per heavy atom. The maximum Gasteiger partial charge on any atom is 0.0830 e. The molecule has 0 saturated carbocycles. The lowest BCUT2D eigenvalue weighted by molar-refractivity contribution is 0.713. The largest absolute Gasteiger partial charge is 0.255 e. The zero-order chi connectivity index (χ0) is 12.1. The highest BCUT2D eigenvalue weighted by molar-refractivity contribution is 7.99. The average Bonchev–Trinajstić information content (AvgIpc) is 2.75. The Balaban J connectivity index is 1.90. The van der Waals surface area contributed by atoms with Crippen LogP contribution in [0.2, 0.25) is 0 Å². The maximum absolute atomic E-state index is 4.09. The van der Waals surface area contributed by atoms with Crippen LogP contribution in [-0.4, -0.2) is 20.7 Å². The first-order valence-electron chi connectivity index (χ1n) is 5.85. The predicted molar refractivity (Wildman–Crippen MR) is 71.3 cm³/mol. The molecule has 0 aliphatic carbocycles. The molecule has 4 heteroatoms. The molecule has 0 fully saturated rings. The summed E-state index contributed by atoms with van der Waals surface area (Å²) in [5, 5.41) is 8.02. The van der Waals surface area contributed by atoms with Gasteiger partial charge >= 0.3 is 0 Å². The van der Waals surface area contributed by atoms with Gasteiger partial charge in [0.1, 0.15) is 0 Å². The standard InChI is InChI=1S/C13H17N3S/c1-3-17-13-8-5-11(6-9-13)4-7-12-10-16(2)15-14-12/h5-6,8-10H,3-4,7H2,1-2H3.